The van der Waals surface area contributed by atoms with Gasteiger partial charge in [-0.2, -0.15) is 0 Å². The molecule has 1 unspecified atom stereocenters. The van der Waals surface area contributed by atoms with Crippen molar-refractivity contribution in [3.63, 3.8) is 0 Å². The Labute approximate surface area is 209 Å². The second kappa shape index (κ2) is 13.4. The van der Waals surface area contributed by atoms with Gasteiger partial charge >= 0.3 is 0 Å². The zero-order chi connectivity index (χ0) is 22.1. The van der Waals surface area contributed by atoms with Crippen LogP contribution in [-0.2, 0) is 11.3 Å². The average molecular weight is 571 g/mol. The number of guanidine groups is 1. The lowest BCUT2D eigenvalue weighted by Crippen LogP contribution is -2.40. The monoisotopic (exact) mass is 571 g/mol. The Hall–Kier alpha value is -2.21. The van der Waals surface area contributed by atoms with Crippen LogP contribution in [0.3, 0.4) is 0 Å². The number of likely N-dealkylation sites (tertiary alicyclic amines) is 1. The van der Waals surface area contributed by atoms with Gasteiger partial charge < -0.3 is 15.5 Å². The van der Waals surface area contributed by atoms with Crippen molar-refractivity contribution in [2.75, 3.05) is 19.6 Å². The number of nitro benzene ring substituents is 1. The molecule has 3 rings (SSSR count). The van der Waals surface area contributed by atoms with Gasteiger partial charge in [-0.15, -0.1) is 35.3 Å². The third-order valence-corrected chi connectivity index (χ3v) is 6.23. The largest absolute Gasteiger partial charge is 0.356 e. The normalized spacial score (nSPS) is 14.7. The molecule has 10 heteroatoms. The standard InChI is InChI=1S/C22H29N5O3S.HI/c1-2-19(20-6-4-15-31-20)25-22(23-12-5-14-26-13-3-7-21(26)28)24-16-17-8-10-18(11-9-17)27(29)30;/h4,6,8-11,15,19H,2-3,5,7,12-14,16H2,1H3,(H2,23,24,25);1H. The van der Waals surface area contributed by atoms with Crippen molar-refractivity contribution in [1.82, 2.24) is 15.5 Å². The minimum absolute atomic E-state index is 0. The van der Waals surface area contributed by atoms with Crippen LogP contribution in [0.5, 0.6) is 0 Å². The molecule has 1 aliphatic heterocycles. The molecule has 2 aromatic rings. The predicted molar refractivity (Wildman–Crippen MR) is 139 cm³/mol. The number of benzene rings is 1. The molecule has 174 valence electrons. The molecule has 2 N–H and O–H groups in total. The first-order valence-electron chi connectivity index (χ1n) is 10.7. The maximum atomic E-state index is 11.8. The molecule has 1 aromatic carbocycles. The van der Waals surface area contributed by atoms with E-state index in [1.165, 1.54) is 17.0 Å². The number of amides is 1. The Morgan fingerprint density at radius 3 is 2.69 bits per heavy atom. The number of halogens is 1. The van der Waals surface area contributed by atoms with Gasteiger partial charge in [-0.3, -0.25) is 14.9 Å². The van der Waals surface area contributed by atoms with Crippen molar-refractivity contribution in [3.8, 4) is 0 Å². The lowest BCUT2D eigenvalue weighted by Gasteiger charge is -2.21. The van der Waals surface area contributed by atoms with Crippen molar-refractivity contribution < 1.29 is 9.72 Å². The molecular weight excluding hydrogens is 541 g/mol. The van der Waals surface area contributed by atoms with E-state index in [9.17, 15) is 14.9 Å². The number of hydrogen-bond donors (Lipinski definition) is 2. The van der Waals surface area contributed by atoms with Gasteiger partial charge in [0, 0.05) is 43.1 Å². The molecule has 1 aromatic heterocycles. The highest BCUT2D eigenvalue weighted by Gasteiger charge is 2.19. The first-order chi connectivity index (χ1) is 15.1. The van der Waals surface area contributed by atoms with Crippen LogP contribution in [0.2, 0.25) is 0 Å². The van der Waals surface area contributed by atoms with Gasteiger partial charge in [-0.25, -0.2) is 4.99 Å². The molecule has 0 aliphatic carbocycles. The molecule has 1 atom stereocenters. The number of carbonyl (C=O) groups is 1. The molecule has 32 heavy (non-hydrogen) atoms. The van der Waals surface area contributed by atoms with Gasteiger partial charge in [0.15, 0.2) is 5.96 Å². The molecule has 1 saturated heterocycles. The number of non-ortho nitro benzene ring substituents is 1. The number of hydrogen-bond acceptors (Lipinski definition) is 5. The number of thiophene rings is 1. The highest BCUT2D eigenvalue weighted by Crippen LogP contribution is 2.21. The van der Waals surface area contributed by atoms with Gasteiger partial charge in [0.25, 0.3) is 5.69 Å². The summed E-state index contributed by atoms with van der Waals surface area (Å²) in [5.74, 6) is 0.945. The summed E-state index contributed by atoms with van der Waals surface area (Å²) in [5, 5.41) is 19.8. The summed E-state index contributed by atoms with van der Waals surface area (Å²) >= 11 is 1.71. The Kier molecular flexibility index (Phi) is 10.9. The van der Waals surface area contributed by atoms with Crippen molar-refractivity contribution in [1.29, 1.82) is 0 Å². The first-order valence-corrected chi connectivity index (χ1v) is 11.5. The zero-order valence-electron chi connectivity index (χ0n) is 18.2. The van der Waals surface area contributed by atoms with Crippen molar-refractivity contribution >= 4 is 52.9 Å². The highest BCUT2D eigenvalue weighted by molar-refractivity contribution is 14.0. The summed E-state index contributed by atoms with van der Waals surface area (Å²) in [6, 6.07) is 10.8. The molecule has 0 bridgehead atoms. The van der Waals surface area contributed by atoms with E-state index in [1.807, 2.05) is 11.0 Å². The summed E-state index contributed by atoms with van der Waals surface area (Å²) in [7, 11) is 0. The van der Waals surface area contributed by atoms with E-state index in [2.05, 4.69) is 29.0 Å². The molecule has 1 aliphatic rings. The minimum Gasteiger partial charge on any atom is -0.356 e. The summed E-state index contributed by atoms with van der Waals surface area (Å²) in [4.78, 5) is 30.1. The van der Waals surface area contributed by atoms with Crippen LogP contribution in [0.1, 0.15) is 49.1 Å². The number of rotatable bonds is 10. The second-order valence-electron chi connectivity index (χ2n) is 7.47. The zero-order valence-corrected chi connectivity index (χ0v) is 21.3. The fourth-order valence-electron chi connectivity index (χ4n) is 3.49. The molecule has 8 nitrogen and oxygen atoms in total. The average Bonchev–Trinajstić information content (AvgIpc) is 3.45. The Morgan fingerprint density at radius 2 is 2.09 bits per heavy atom. The third-order valence-electron chi connectivity index (χ3n) is 5.24. The van der Waals surface area contributed by atoms with E-state index in [0.29, 0.717) is 25.5 Å². The van der Waals surface area contributed by atoms with Crippen LogP contribution in [0.4, 0.5) is 5.69 Å². The summed E-state index contributed by atoms with van der Waals surface area (Å²) < 4.78 is 0. The summed E-state index contributed by atoms with van der Waals surface area (Å²) in [6.45, 7) is 4.86. The maximum Gasteiger partial charge on any atom is 0.269 e. The van der Waals surface area contributed by atoms with Crippen LogP contribution in [0, 0.1) is 10.1 Å². The molecular formula is C22H30IN5O3S. The molecule has 2 heterocycles. The smallest absolute Gasteiger partial charge is 0.269 e. The van der Waals surface area contributed by atoms with Crippen molar-refractivity contribution in [3.05, 3.63) is 62.3 Å². The maximum absolute atomic E-state index is 11.8. The lowest BCUT2D eigenvalue weighted by molar-refractivity contribution is -0.384. The van der Waals surface area contributed by atoms with Crippen molar-refractivity contribution in [2.24, 2.45) is 4.99 Å². The van der Waals surface area contributed by atoms with E-state index in [4.69, 9.17) is 4.99 Å². The van der Waals surface area contributed by atoms with Gasteiger partial charge in [-0.1, -0.05) is 25.1 Å². The minimum atomic E-state index is -0.403. The molecule has 1 amide bonds. The predicted octanol–water partition coefficient (Wildman–Crippen LogP) is 4.47. The van der Waals surface area contributed by atoms with Crippen LogP contribution in [0.15, 0.2) is 46.8 Å². The Morgan fingerprint density at radius 1 is 1.31 bits per heavy atom. The fourth-order valence-corrected chi connectivity index (χ4v) is 4.35. The third kappa shape index (κ3) is 7.73. The van der Waals surface area contributed by atoms with E-state index in [-0.39, 0.29) is 41.6 Å². The van der Waals surface area contributed by atoms with E-state index < -0.39 is 4.92 Å². The number of aliphatic imine (C=N–C) groups is 1. The number of nitrogens with one attached hydrogen (secondary N) is 2. The fraction of sp³-hybridized carbons (Fsp3) is 0.455. The second-order valence-corrected chi connectivity index (χ2v) is 8.45. The van der Waals surface area contributed by atoms with Gasteiger partial charge in [0.05, 0.1) is 17.5 Å². The van der Waals surface area contributed by atoms with Crippen LogP contribution in [-0.4, -0.2) is 41.3 Å². The van der Waals surface area contributed by atoms with Crippen LogP contribution >= 0.6 is 35.3 Å². The topological polar surface area (TPSA) is 99.9 Å². The van der Waals surface area contributed by atoms with E-state index >= 15 is 0 Å². The van der Waals surface area contributed by atoms with Crippen LogP contribution in [0.25, 0.3) is 0 Å². The van der Waals surface area contributed by atoms with E-state index in [0.717, 1.165) is 37.9 Å². The Balaban J connectivity index is 0.00000363. The van der Waals surface area contributed by atoms with Crippen LogP contribution < -0.4 is 10.6 Å². The van der Waals surface area contributed by atoms with Gasteiger partial charge in [0.1, 0.15) is 0 Å². The highest BCUT2D eigenvalue weighted by atomic mass is 127. The first kappa shape index (κ1) is 26.0. The lowest BCUT2D eigenvalue weighted by atomic mass is 10.2. The van der Waals surface area contributed by atoms with E-state index in [1.54, 1.807) is 23.5 Å². The molecule has 1 fully saturated rings. The number of carbonyl (C=O) groups excluding carboxylic acids is 1. The molecule has 0 saturated carbocycles. The SMILES string of the molecule is CCC(NC(=NCc1ccc([N+](=O)[O-])cc1)NCCCN1CCCC1=O)c1cccs1.I. The summed E-state index contributed by atoms with van der Waals surface area (Å²) in [6.07, 6.45) is 3.38. The van der Waals surface area contributed by atoms with Crippen molar-refractivity contribution in [2.45, 2.75) is 45.2 Å². The molecule has 0 radical (unpaired) electrons. The number of nitro groups is 1. The molecule has 0 spiro atoms. The summed E-state index contributed by atoms with van der Waals surface area (Å²) in [5.41, 5.74) is 0.975. The Bertz CT molecular complexity index is 889. The van der Waals surface area contributed by atoms with Gasteiger partial charge in [0.2, 0.25) is 5.91 Å². The van der Waals surface area contributed by atoms with Gasteiger partial charge in [-0.05, 0) is 36.3 Å². The number of nitrogens with zero attached hydrogens (tertiary/aromatic N) is 3. The quantitative estimate of drug-likeness (QED) is 0.110.